The van der Waals surface area contributed by atoms with Crippen LogP contribution in [0.5, 0.6) is 11.5 Å². The van der Waals surface area contributed by atoms with Crippen molar-refractivity contribution in [1.82, 2.24) is 0 Å². The first kappa shape index (κ1) is 13.7. The van der Waals surface area contributed by atoms with Crippen LogP contribution in [-0.4, -0.2) is 10.2 Å². The van der Waals surface area contributed by atoms with Gasteiger partial charge in [0.25, 0.3) is 0 Å². The zero-order chi connectivity index (χ0) is 15.0. The summed E-state index contributed by atoms with van der Waals surface area (Å²) in [4.78, 5) is 1.99. The molecule has 106 valence electrons. The summed E-state index contributed by atoms with van der Waals surface area (Å²) in [5.74, 6) is 0.560. The molecular formula is C18H16O2S. The molecule has 2 nitrogen and oxygen atoms in total. The van der Waals surface area contributed by atoms with Gasteiger partial charge in [-0.3, -0.25) is 0 Å². The van der Waals surface area contributed by atoms with Crippen LogP contribution in [0.25, 0.3) is 20.9 Å². The maximum Gasteiger partial charge on any atom is 0.124 e. The quantitative estimate of drug-likeness (QED) is 0.690. The van der Waals surface area contributed by atoms with Crippen molar-refractivity contribution in [2.75, 3.05) is 0 Å². The summed E-state index contributed by atoms with van der Waals surface area (Å²) in [6.45, 7) is 4.01. The molecule has 0 unspecified atom stereocenters. The average molecular weight is 296 g/mol. The van der Waals surface area contributed by atoms with E-state index in [0.717, 1.165) is 32.0 Å². The van der Waals surface area contributed by atoms with E-state index in [4.69, 9.17) is 0 Å². The number of aryl methyl sites for hydroxylation is 2. The Morgan fingerprint density at radius 2 is 1.10 bits per heavy atom. The minimum atomic E-state index is 0.280. The molecule has 0 aliphatic heterocycles. The fourth-order valence-corrected chi connectivity index (χ4v) is 3.38. The highest BCUT2D eigenvalue weighted by Crippen LogP contribution is 2.41. The number of phenolic OH excluding ortho intramolecular Hbond substituents is 2. The molecule has 1 aromatic heterocycles. The van der Waals surface area contributed by atoms with Crippen LogP contribution in [0, 0.1) is 13.8 Å². The monoisotopic (exact) mass is 296 g/mol. The molecule has 3 aromatic rings. The van der Waals surface area contributed by atoms with Crippen molar-refractivity contribution in [3.05, 3.63) is 59.7 Å². The van der Waals surface area contributed by atoms with Crippen LogP contribution in [0.2, 0.25) is 0 Å². The van der Waals surface area contributed by atoms with Crippen LogP contribution in [0.4, 0.5) is 0 Å². The van der Waals surface area contributed by atoms with Gasteiger partial charge in [0.1, 0.15) is 11.5 Å². The molecular weight excluding hydrogens is 280 g/mol. The number of benzene rings is 2. The topological polar surface area (TPSA) is 40.5 Å². The fourth-order valence-electron chi connectivity index (χ4n) is 2.32. The lowest BCUT2D eigenvalue weighted by Gasteiger charge is -2.04. The van der Waals surface area contributed by atoms with Gasteiger partial charge in [-0.15, -0.1) is 11.3 Å². The molecule has 1 heterocycles. The molecule has 0 fully saturated rings. The molecule has 0 radical (unpaired) electrons. The largest absolute Gasteiger partial charge is 0.507 e. The third-order valence-electron chi connectivity index (χ3n) is 3.44. The smallest absolute Gasteiger partial charge is 0.124 e. The Labute approximate surface area is 128 Å². The molecule has 0 spiro atoms. The second-order valence-corrected chi connectivity index (χ2v) is 6.29. The zero-order valence-corrected chi connectivity index (χ0v) is 12.7. The Morgan fingerprint density at radius 3 is 1.52 bits per heavy atom. The van der Waals surface area contributed by atoms with E-state index in [-0.39, 0.29) is 11.5 Å². The number of rotatable bonds is 2. The normalized spacial score (nSPS) is 10.8. The Balaban J connectivity index is 2.08. The van der Waals surface area contributed by atoms with E-state index < -0.39 is 0 Å². The number of phenols is 2. The number of hydrogen-bond donors (Lipinski definition) is 2. The van der Waals surface area contributed by atoms with Crippen molar-refractivity contribution in [1.29, 1.82) is 0 Å². The van der Waals surface area contributed by atoms with Gasteiger partial charge in [0.15, 0.2) is 0 Å². The maximum atomic E-state index is 10.0. The minimum Gasteiger partial charge on any atom is -0.507 e. The van der Waals surface area contributed by atoms with Gasteiger partial charge in [0.2, 0.25) is 0 Å². The van der Waals surface area contributed by atoms with Gasteiger partial charge >= 0.3 is 0 Å². The van der Waals surface area contributed by atoms with Gasteiger partial charge in [-0.2, -0.15) is 0 Å². The molecule has 0 atom stereocenters. The minimum absolute atomic E-state index is 0.280. The van der Waals surface area contributed by atoms with Crippen LogP contribution in [-0.2, 0) is 0 Å². The second kappa shape index (κ2) is 5.26. The predicted octanol–water partition coefficient (Wildman–Crippen LogP) is 5.11. The molecule has 21 heavy (non-hydrogen) atoms. The van der Waals surface area contributed by atoms with Crippen LogP contribution in [0.1, 0.15) is 11.1 Å². The third-order valence-corrected chi connectivity index (χ3v) is 4.59. The molecule has 2 N–H and O–H groups in total. The highest BCUT2D eigenvalue weighted by molar-refractivity contribution is 7.18. The molecule has 2 aromatic carbocycles. The predicted molar refractivity (Wildman–Crippen MR) is 88.0 cm³/mol. The van der Waals surface area contributed by atoms with Gasteiger partial charge in [0.05, 0.1) is 0 Å². The zero-order valence-electron chi connectivity index (χ0n) is 11.9. The summed E-state index contributed by atoms with van der Waals surface area (Å²) in [5.41, 5.74) is 3.88. The van der Waals surface area contributed by atoms with Crippen molar-refractivity contribution >= 4 is 11.3 Å². The molecule has 0 aliphatic rings. The van der Waals surface area contributed by atoms with Gasteiger partial charge in [-0.05, 0) is 50.2 Å². The molecule has 0 saturated heterocycles. The average Bonchev–Trinajstić information content (AvgIpc) is 2.93. The van der Waals surface area contributed by atoms with E-state index in [1.165, 1.54) is 0 Å². The van der Waals surface area contributed by atoms with E-state index >= 15 is 0 Å². The standard InChI is InChI=1S/C18H16O2S/c1-11-3-5-15(19)13(9-11)17-7-8-18(21-17)14-10-12(2)4-6-16(14)20/h3-10,19-20H,1-2H3. The number of thiophene rings is 1. The van der Waals surface area contributed by atoms with Gasteiger partial charge < -0.3 is 10.2 Å². The van der Waals surface area contributed by atoms with Crippen LogP contribution in [0.15, 0.2) is 48.5 Å². The summed E-state index contributed by atoms with van der Waals surface area (Å²) in [6.07, 6.45) is 0. The summed E-state index contributed by atoms with van der Waals surface area (Å²) < 4.78 is 0. The maximum absolute atomic E-state index is 10.0. The molecule has 0 bridgehead atoms. The van der Waals surface area contributed by atoms with Crippen molar-refractivity contribution < 1.29 is 10.2 Å². The molecule has 0 saturated carbocycles. The van der Waals surface area contributed by atoms with E-state index in [1.54, 1.807) is 23.5 Å². The SMILES string of the molecule is Cc1ccc(O)c(-c2ccc(-c3cc(C)ccc3O)s2)c1. The molecule has 3 heteroatoms. The van der Waals surface area contributed by atoms with Crippen molar-refractivity contribution in [3.8, 4) is 32.4 Å². The Bertz CT molecular complexity index is 737. The van der Waals surface area contributed by atoms with Crippen molar-refractivity contribution in [3.63, 3.8) is 0 Å². The van der Waals surface area contributed by atoms with Crippen molar-refractivity contribution in [2.45, 2.75) is 13.8 Å². The molecule has 0 aliphatic carbocycles. The molecule has 0 amide bonds. The Morgan fingerprint density at radius 1 is 0.667 bits per heavy atom. The first-order valence-corrected chi connectivity index (χ1v) is 7.56. The fraction of sp³-hybridized carbons (Fsp3) is 0.111. The summed E-state index contributed by atoms with van der Waals surface area (Å²) in [5, 5.41) is 20.0. The Kier molecular flexibility index (Phi) is 3.43. The van der Waals surface area contributed by atoms with Gasteiger partial charge in [0, 0.05) is 20.9 Å². The van der Waals surface area contributed by atoms with Gasteiger partial charge in [-0.1, -0.05) is 23.3 Å². The van der Waals surface area contributed by atoms with Gasteiger partial charge in [-0.25, -0.2) is 0 Å². The lowest BCUT2D eigenvalue weighted by Crippen LogP contribution is -1.78. The summed E-state index contributed by atoms with van der Waals surface area (Å²) in [6, 6.07) is 15.1. The number of aromatic hydroxyl groups is 2. The van der Waals surface area contributed by atoms with E-state index in [1.807, 2.05) is 50.2 Å². The Hall–Kier alpha value is -2.26. The lowest BCUT2D eigenvalue weighted by molar-refractivity contribution is 0.477. The summed E-state index contributed by atoms with van der Waals surface area (Å²) in [7, 11) is 0. The van der Waals surface area contributed by atoms with E-state index in [2.05, 4.69) is 0 Å². The highest BCUT2D eigenvalue weighted by atomic mass is 32.1. The molecule has 3 rings (SSSR count). The highest BCUT2D eigenvalue weighted by Gasteiger charge is 2.11. The van der Waals surface area contributed by atoms with Crippen LogP contribution < -0.4 is 0 Å². The lowest BCUT2D eigenvalue weighted by atomic mass is 10.1. The van der Waals surface area contributed by atoms with Crippen LogP contribution >= 0.6 is 11.3 Å². The van der Waals surface area contributed by atoms with Crippen molar-refractivity contribution in [2.24, 2.45) is 0 Å². The third kappa shape index (κ3) is 2.65. The second-order valence-electron chi connectivity index (χ2n) is 5.21. The van der Waals surface area contributed by atoms with E-state index in [0.29, 0.717) is 0 Å². The van der Waals surface area contributed by atoms with Crippen LogP contribution in [0.3, 0.4) is 0 Å². The first-order valence-electron chi connectivity index (χ1n) is 6.74. The van der Waals surface area contributed by atoms with E-state index in [9.17, 15) is 10.2 Å². The summed E-state index contributed by atoms with van der Waals surface area (Å²) >= 11 is 1.56. The number of hydrogen-bond acceptors (Lipinski definition) is 3. The first-order chi connectivity index (χ1) is 10.0.